The topological polar surface area (TPSA) is 163 Å². The first kappa shape index (κ1) is 45.5. The van der Waals surface area contributed by atoms with Gasteiger partial charge in [0.1, 0.15) is 48.8 Å². The second-order valence-corrected chi connectivity index (χ2v) is 18.1. The lowest BCUT2D eigenvalue weighted by molar-refractivity contribution is -0.309. The maximum absolute atomic E-state index is 14.1. The first-order valence-corrected chi connectivity index (χ1v) is 21.9. The van der Waals surface area contributed by atoms with Crippen LogP contribution in [0.1, 0.15) is 78.6 Å². The van der Waals surface area contributed by atoms with Gasteiger partial charge in [0, 0.05) is 80.7 Å². The number of esters is 2. The summed E-state index contributed by atoms with van der Waals surface area (Å²) in [6, 6.07) is 0. The molecule has 0 aromatic heterocycles. The molecule has 0 aromatic rings. The van der Waals surface area contributed by atoms with Crippen LogP contribution in [0.15, 0.2) is 0 Å². The predicted octanol–water partition coefficient (Wildman–Crippen LogP) is 3.61. The van der Waals surface area contributed by atoms with Gasteiger partial charge in [-0.05, 0) is 36.5 Å². The number of fused-ring (bicyclic) bond motifs is 4. The molecule has 0 unspecified atom stereocenters. The fourth-order valence-electron chi connectivity index (χ4n) is 10.4. The van der Waals surface area contributed by atoms with E-state index in [-0.39, 0.29) is 105 Å². The van der Waals surface area contributed by atoms with E-state index in [1.807, 2.05) is 6.92 Å². The Morgan fingerprint density at radius 1 is 0.475 bits per heavy atom. The number of rotatable bonds is 12. The molecule has 16 nitrogen and oxygen atoms in total. The number of cyclic esters (lactones) is 2. The van der Waals surface area contributed by atoms with Crippen LogP contribution in [0, 0.1) is 29.6 Å². The quantitative estimate of drug-likeness (QED) is 0.262. The van der Waals surface area contributed by atoms with Crippen molar-refractivity contribution in [2.75, 3.05) is 55.9 Å². The molecule has 7 rings (SSSR count). The van der Waals surface area contributed by atoms with Crippen LogP contribution in [0.25, 0.3) is 0 Å². The van der Waals surface area contributed by atoms with E-state index >= 15 is 0 Å². The lowest BCUT2D eigenvalue weighted by Crippen LogP contribution is -2.58. The Bertz CT molecular complexity index is 1360. The third-order valence-electron chi connectivity index (χ3n) is 14.2. The molecule has 0 spiro atoms. The molecule has 2 saturated carbocycles. The van der Waals surface area contributed by atoms with Crippen LogP contribution in [0.3, 0.4) is 0 Å². The van der Waals surface area contributed by atoms with Crippen LogP contribution in [0.2, 0.25) is 0 Å². The molecule has 5 aliphatic heterocycles. The maximum atomic E-state index is 14.1. The Labute approximate surface area is 349 Å². The number of carbonyl (C=O) groups is 2. The third kappa shape index (κ3) is 10.8. The Hall–Kier alpha value is -1.54. The molecule has 0 aromatic carbocycles. The normalized spacial score (nSPS) is 48.5. The fourth-order valence-corrected chi connectivity index (χ4v) is 10.4. The molecule has 7 fully saturated rings. The highest BCUT2D eigenvalue weighted by atomic mass is 16.7. The lowest BCUT2D eigenvalue weighted by Gasteiger charge is -2.45. The average molecular weight is 843 g/mol. The van der Waals surface area contributed by atoms with E-state index in [2.05, 4.69) is 13.8 Å². The smallest absolute Gasteiger partial charge is 0.308 e. The van der Waals surface area contributed by atoms with Gasteiger partial charge in [-0.2, -0.15) is 0 Å². The molecule has 5 heterocycles. The standard InChI is InChI=1S/C43H70O16/c1-21-10-28(21)32-15-25-12-24(56-42-40(50-8)38(48-6)34(46-4)19-52-42)13-26(54-25)17-36(44)57-33(29-11-22(29)2)16-27-14-30(23(3)31(55-27)18-37(45)58-32)59-43-41(51-9)39(49-7)35(47-5)20-53-43/h21-35,38-43H,10-20H2,1-9H3/t21-,22-,23-,24+,25+,26-,27+,28-,29-,30+,31+,32+,33+,34-,35-,38+,39+,40-,41-,42+,43+/m1/s1. The SMILES string of the molecule is CO[C@@H]1[C@@H](OC)[C@H](O[C@@H]2C[C@@H]3CC(=O)O[C@H]([C@@H]4C[C@H]4C)C[C@@H]4C[C@H](O[C@@H]5OC[C@@H](OC)[C@H](OC)[C@H]5OC)[C@@H](C)[C@H](CC(=O)O[C@H]([C@@H]5C[C@H]5C)C[C@H](C2)O3)O4)OC[C@H]1OC. The van der Waals surface area contributed by atoms with E-state index < -0.39 is 49.2 Å². The van der Waals surface area contributed by atoms with Gasteiger partial charge in [0.15, 0.2) is 12.6 Å². The highest BCUT2D eigenvalue weighted by molar-refractivity contribution is 5.71. The summed E-state index contributed by atoms with van der Waals surface area (Å²) in [5.74, 6) is 0.379. The van der Waals surface area contributed by atoms with Crippen molar-refractivity contribution in [2.24, 2.45) is 29.6 Å². The summed E-state index contributed by atoms with van der Waals surface area (Å²) < 4.78 is 86.4. The Balaban J connectivity index is 1.11. The number of hydrogen-bond acceptors (Lipinski definition) is 16. The van der Waals surface area contributed by atoms with Crippen molar-refractivity contribution in [1.29, 1.82) is 0 Å². The van der Waals surface area contributed by atoms with Gasteiger partial charge >= 0.3 is 11.9 Å². The molecule has 5 saturated heterocycles. The average Bonchev–Trinajstić information content (AvgIpc) is 4.14. The fraction of sp³-hybridized carbons (Fsp3) is 0.953. The van der Waals surface area contributed by atoms with Gasteiger partial charge < -0.3 is 66.3 Å². The van der Waals surface area contributed by atoms with Gasteiger partial charge in [0.2, 0.25) is 0 Å². The first-order valence-electron chi connectivity index (χ1n) is 21.9. The van der Waals surface area contributed by atoms with Crippen molar-refractivity contribution in [3.05, 3.63) is 0 Å². The van der Waals surface area contributed by atoms with Gasteiger partial charge in [0.25, 0.3) is 0 Å². The molecule has 16 heteroatoms. The van der Waals surface area contributed by atoms with E-state index in [9.17, 15) is 9.59 Å². The Kier molecular flexibility index (Phi) is 15.7. The van der Waals surface area contributed by atoms with Crippen LogP contribution < -0.4 is 0 Å². The van der Waals surface area contributed by atoms with Crippen LogP contribution in [0.5, 0.6) is 0 Å². The minimum Gasteiger partial charge on any atom is -0.462 e. The molecule has 0 amide bonds. The maximum Gasteiger partial charge on any atom is 0.308 e. The molecule has 21 atom stereocenters. The van der Waals surface area contributed by atoms with Gasteiger partial charge in [-0.15, -0.1) is 0 Å². The molecule has 0 radical (unpaired) electrons. The minimum atomic E-state index is -0.730. The van der Waals surface area contributed by atoms with E-state index in [1.165, 1.54) is 0 Å². The van der Waals surface area contributed by atoms with Crippen molar-refractivity contribution in [1.82, 2.24) is 0 Å². The largest absolute Gasteiger partial charge is 0.462 e. The van der Waals surface area contributed by atoms with Crippen molar-refractivity contribution in [2.45, 2.75) is 177 Å². The minimum absolute atomic E-state index is 0.0472. The Morgan fingerprint density at radius 3 is 1.44 bits per heavy atom. The summed E-state index contributed by atoms with van der Waals surface area (Å²) in [4.78, 5) is 28.0. The molecule has 0 N–H and O–H groups in total. The summed E-state index contributed by atoms with van der Waals surface area (Å²) >= 11 is 0. The molecule has 2 aliphatic carbocycles. The van der Waals surface area contributed by atoms with Gasteiger partial charge in [-0.1, -0.05) is 20.8 Å². The van der Waals surface area contributed by atoms with Gasteiger partial charge in [0.05, 0.1) is 62.7 Å². The second kappa shape index (κ2) is 20.3. The highest BCUT2D eigenvalue weighted by Crippen LogP contribution is 2.47. The van der Waals surface area contributed by atoms with E-state index in [4.69, 9.17) is 66.3 Å². The van der Waals surface area contributed by atoms with Gasteiger partial charge in [-0.25, -0.2) is 0 Å². The summed E-state index contributed by atoms with van der Waals surface area (Å²) in [7, 11) is 9.69. The van der Waals surface area contributed by atoms with E-state index in [0.717, 1.165) is 12.8 Å². The molecule has 59 heavy (non-hydrogen) atoms. The zero-order valence-corrected chi connectivity index (χ0v) is 36.4. The number of ether oxygens (including phenoxy) is 14. The number of methoxy groups -OCH3 is 6. The third-order valence-corrected chi connectivity index (χ3v) is 14.2. The van der Waals surface area contributed by atoms with Gasteiger partial charge in [-0.3, -0.25) is 9.59 Å². The summed E-state index contributed by atoms with van der Waals surface area (Å²) in [5.41, 5.74) is 0. The zero-order chi connectivity index (χ0) is 42.0. The monoisotopic (exact) mass is 842 g/mol. The highest BCUT2D eigenvalue weighted by Gasteiger charge is 2.51. The summed E-state index contributed by atoms with van der Waals surface area (Å²) in [5, 5.41) is 0. The molecule has 338 valence electrons. The van der Waals surface area contributed by atoms with Crippen molar-refractivity contribution >= 4 is 11.9 Å². The van der Waals surface area contributed by atoms with Crippen LogP contribution in [-0.2, 0) is 75.9 Å². The van der Waals surface area contributed by atoms with E-state index in [0.29, 0.717) is 43.9 Å². The number of carbonyl (C=O) groups excluding carboxylic acids is 2. The second-order valence-electron chi connectivity index (χ2n) is 18.1. The van der Waals surface area contributed by atoms with Crippen molar-refractivity contribution in [3.8, 4) is 0 Å². The van der Waals surface area contributed by atoms with Crippen LogP contribution in [-0.4, -0.2) is 166 Å². The van der Waals surface area contributed by atoms with Crippen LogP contribution >= 0.6 is 0 Å². The Morgan fingerprint density at radius 2 is 0.949 bits per heavy atom. The van der Waals surface area contributed by atoms with E-state index in [1.54, 1.807) is 42.7 Å². The van der Waals surface area contributed by atoms with Crippen molar-refractivity contribution in [3.63, 3.8) is 0 Å². The summed E-state index contributed by atoms with van der Waals surface area (Å²) in [6.45, 7) is 6.95. The molecular formula is C43H70O16. The lowest BCUT2D eigenvalue weighted by atomic mass is 9.86. The molecule has 7 aliphatic rings. The molecular weight excluding hydrogens is 772 g/mol. The first-order chi connectivity index (χ1) is 28.5. The summed E-state index contributed by atoms with van der Waals surface area (Å²) in [6.07, 6.45) is -2.64. The zero-order valence-electron chi connectivity index (χ0n) is 36.4. The van der Waals surface area contributed by atoms with Crippen molar-refractivity contribution < 1.29 is 75.9 Å². The van der Waals surface area contributed by atoms with Crippen LogP contribution in [0.4, 0.5) is 0 Å². The number of hydrogen-bond donors (Lipinski definition) is 0. The predicted molar refractivity (Wildman–Crippen MR) is 207 cm³/mol. The molecule has 4 bridgehead atoms.